The van der Waals surface area contributed by atoms with Gasteiger partial charge in [0.1, 0.15) is 11.5 Å². The van der Waals surface area contributed by atoms with Gasteiger partial charge < -0.3 is 9.84 Å². The molecule has 1 heterocycles. The van der Waals surface area contributed by atoms with Crippen LogP contribution in [0.15, 0.2) is 78.4 Å². The van der Waals surface area contributed by atoms with Gasteiger partial charge in [0.05, 0.1) is 18.7 Å². The van der Waals surface area contributed by atoms with Gasteiger partial charge in [0.25, 0.3) is 11.7 Å². The number of benzene rings is 3. The summed E-state index contributed by atoms with van der Waals surface area (Å²) in [7, 11) is 1.55. The number of aryl methyl sites for hydroxylation is 1. The Bertz CT molecular complexity index is 1180. The molecule has 4 rings (SSSR count). The van der Waals surface area contributed by atoms with Crippen molar-refractivity contribution in [1.82, 2.24) is 0 Å². The number of hydrogen-bond acceptors (Lipinski definition) is 4. The number of aliphatic hydroxyl groups excluding tert-OH is 1. The molecule has 156 valence electrons. The van der Waals surface area contributed by atoms with Gasteiger partial charge in [-0.25, -0.2) is 0 Å². The predicted octanol–water partition coefficient (Wildman–Crippen LogP) is 5.28. The van der Waals surface area contributed by atoms with Crippen LogP contribution in [0.25, 0.3) is 5.76 Å². The summed E-state index contributed by atoms with van der Waals surface area (Å²) in [5.41, 5.74) is 2.66. The molecule has 0 aliphatic carbocycles. The summed E-state index contributed by atoms with van der Waals surface area (Å²) in [4.78, 5) is 27.6. The first-order valence-electron chi connectivity index (χ1n) is 9.68. The van der Waals surface area contributed by atoms with Crippen LogP contribution in [0.4, 0.5) is 5.69 Å². The van der Waals surface area contributed by atoms with Crippen molar-refractivity contribution >= 4 is 34.7 Å². The molecular weight excluding hydrogens is 414 g/mol. The fraction of sp³-hybridized carbons (Fsp3) is 0.120. The van der Waals surface area contributed by atoms with E-state index in [1.54, 1.807) is 67.8 Å². The van der Waals surface area contributed by atoms with Crippen LogP contribution in [0, 0.1) is 6.92 Å². The van der Waals surface area contributed by atoms with Gasteiger partial charge in [0.2, 0.25) is 0 Å². The Labute approximate surface area is 185 Å². The van der Waals surface area contributed by atoms with Gasteiger partial charge in [-0.15, -0.1) is 0 Å². The van der Waals surface area contributed by atoms with Crippen LogP contribution >= 0.6 is 11.6 Å². The second-order valence-electron chi connectivity index (χ2n) is 7.29. The van der Waals surface area contributed by atoms with Crippen molar-refractivity contribution < 1.29 is 19.4 Å². The van der Waals surface area contributed by atoms with Gasteiger partial charge in [-0.2, -0.15) is 0 Å². The van der Waals surface area contributed by atoms with Crippen molar-refractivity contribution in [3.05, 3.63) is 100 Å². The monoisotopic (exact) mass is 433 g/mol. The third-order valence-electron chi connectivity index (χ3n) is 5.28. The number of nitrogens with zero attached hydrogens (tertiary/aromatic N) is 1. The minimum atomic E-state index is -0.812. The number of carbonyl (C=O) groups excluding carboxylic acids is 2. The molecule has 1 unspecified atom stereocenters. The lowest BCUT2D eigenvalue weighted by Gasteiger charge is -2.25. The molecule has 3 aromatic rings. The van der Waals surface area contributed by atoms with E-state index in [1.165, 1.54) is 4.90 Å². The maximum absolute atomic E-state index is 13.1. The van der Waals surface area contributed by atoms with E-state index in [2.05, 4.69) is 0 Å². The van der Waals surface area contributed by atoms with Crippen molar-refractivity contribution in [3.8, 4) is 5.75 Å². The highest BCUT2D eigenvalue weighted by molar-refractivity contribution is 6.51. The van der Waals surface area contributed by atoms with Gasteiger partial charge in [-0.1, -0.05) is 41.4 Å². The van der Waals surface area contributed by atoms with Crippen LogP contribution in [-0.2, 0) is 9.59 Å². The van der Waals surface area contributed by atoms with Crippen molar-refractivity contribution in [1.29, 1.82) is 0 Å². The molecule has 0 spiro atoms. The number of methoxy groups -OCH3 is 1. The zero-order chi connectivity index (χ0) is 22.1. The number of ketones is 1. The lowest BCUT2D eigenvalue weighted by atomic mass is 9.95. The first kappa shape index (κ1) is 20.7. The van der Waals surface area contributed by atoms with E-state index in [1.807, 2.05) is 19.1 Å². The summed E-state index contributed by atoms with van der Waals surface area (Å²) in [6.07, 6.45) is 0. The number of rotatable bonds is 4. The highest BCUT2D eigenvalue weighted by Crippen LogP contribution is 2.42. The smallest absolute Gasteiger partial charge is 0.300 e. The molecule has 0 radical (unpaired) electrons. The predicted molar refractivity (Wildman–Crippen MR) is 120 cm³/mol. The molecule has 0 bridgehead atoms. The lowest BCUT2D eigenvalue weighted by molar-refractivity contribution is -0.132. The van der Waals surface area contributed by atoms with Crippen LogP contribution in [0.3, 0.4) is 0 Å². The second-order valence-corrected chi connectivity index (χ2v) is 7.72. The van der Waals surface area contributed by atoms with Crippen LogP contribution in [0.2, 0.25) is 5.02 Å². The third kappa shape index (κ3) is 3.80. The minimum Gasteiger partial charge on any atom is -0.507 e. The zero-order valence-electron chi connectivity index (χ0n) is 17.0. The SMILES string of the molecule is COc1cccc(C2/C(=C(/O)c3ccc(Cl)cc3)C(=O)C(=O)N2c2ccc(C)cc2)c1. The van der Waals surface area contributed by atoms with E-state index in [0.717, 1.165) is 5.56 Å². The van der Waals surface area contributed by atoms with E-state index in [-0.39, 0.29) is 11.3 Å². The highest BCUT2D eigenvalue weighted by Gasteiger charge is 2.47. The zero-order valence-corrected chi connectivity index (χ0v) is 17.8. The third-order valence-corrected chi connectivity index (χ3v) is 5.54. The Morgan fingerprint density at radius 2 is 1.68 bits per heavy atom. The largest absolute Gasteiger partial charge is 0.507 e. The topological polar surface area (TPSA) is 66.8 Å². The molecule has 6 heteroatoms. The number of Topliss-reactive ketones (excluding diaryl/α,β-unsaturated/α-hetero) is 1. The summed E-state index contributed by atoms with van der Waals surface area (Å²) in [5.74, 6) is -1.12. The summed E-state index contributed by atoms with van der Waals surface area (Å²) in [6.45, 7) is 1.94. The maximum Gasteiger partial charge on any atom is 0.300 e. The van der Waals surface area contributed by atoms with E-state index in [9.17, 15) is 14.7 Å². The molecule has 3 aromatic carbocycles. The lowest BCUT2D eigenvalue weighted by Crippen LogP contribution is -2.29. The van der Waals surface area contributed by atoms with Crippen molar-refractivity contribution in [2.24, 2.45) is 0 Å². The summed E-state index contributed by atoms with van der Waals surface area (Å²) < 4.78 is 5.34. The van der Waals surface area contributed by atoms with Gasteiger partial charge in [0.15, 0.2) is 0 Å². The standard InChI is InChI=1S/C25H20ClNO4/c1-15-6-12-19(13-7-15)27-22(17-4-3-5-20(14-17)31-2)21(24(29)25(27)30)23(28)16-8-10-18(26)11-9-16/h3-14,22,28H,1-2H3/b23-21-. The molecule has 0 saturated carbocycles. The van der Waals surface area contributed by atoms with E-state index < -0.39 is 17.7 Å². The fourth-order valence-corrected chi connectivity index (χ4v) is 3.82. The van der Waals surface area contributed by atoms with Gasteiger partial charge in [0, 0.05) is 16.3 Å². The average molecular weight is 434 g/mol. The number of hydrogen-bond donors (Lipinski definition) is 1. The number of carbonyl (C=O) groups is 2. The first-order valence-corrected chi connectivity index (χ1v) is 10.1. The Morgan fingerprint density at radius 3 is 2.32 bits per heavy atom. The van der Waals surface area contributed by atoms with Crippen molar-refractivity contribution in [3.63, 3.8) is 0 Å². The summed E-state index contributed by atoms with van der Waals surface area (Å²) >= 11 is 5.96. The molecule has 0 aromatic heterocycles. The first-order chi connectivity index (χ1) is 14.9. The van der Waals surface area contributed by atoms with Gasteiger partial charge in [-0.3, -0.25) is 14.5 Å². The van der Waals surface area contributed by atoms with Gasteiger partial charge >= 0.3 is 0 Å². The summed E-state index contributed by atoms with van der Waals surface area (Å²) in [6, 6.07) is 20.1. The Kier molecular flexibility index (Phi) is 5.53. The molecule has 1 atom stereocenters. The highest BCUT2D eigenvalue weighted by atomic mass is 35.5. The van der Waals surface area contributed by atoms with Crippen LogP contribution in [0.1, 0.15) is 22.7 Å². The van der Waals surface area contributed by atoms with Crippen molar-refractivity contribution in [2.75, 3.05) is 12.0 Å². The average Bonchev–Trinajstić information content (AvgIpc) is 3.05. The Hall–Kier alpha value is -3.57. The number of aliphatic hydroxyl groups is 1. The van der Waals surface area contributed by atoms with Crippen LogP contribution in [-0.4, -0.2) is 23.9 Å². The normalized spacial score (nSPS) is 17.8. The van der Waals surface area contributed by atoms with Crippen molar-refractivity contribution in [2.45, 2.75) is 13.0 Å². The van der Waals surface area contributed by atoms with E-state index in [4.69, 9.17) is 16.3 Å². The Morgan fingerprint density at radius 1 is 1.00 bits per heavy atom. The number of halogens is 1. The minimum absolute atomic E-state index is 0.0150. The van der Waals surface area contributed by atoms with E-state index >= 15 is 0 Å². The number of amides is 1. The van der Waals surface area contributed by atoms with E-state index in [0.29, 0.717) is 27.6 Å². The molecule has 1 N–H and O–H groups in total. The second kappa shape index (κ2) is 8.28. The molecular formula is C25H20ClNO4. The Balaban J connectivity index is 1.94. The molecule has 1 fully saturated rings. The molecule has 1 aliphatic rings. The molecule has 1 aliphatic heterocycles. The summed E-state index contributed by atoms with van der Waals surface area (Å²) in [5, 5.41) is 11.6. The molecule has 5 nitrogen and oxygen atoms in total. The van der Waals surface area contributed by atoms with Crippen LogP contribution < -0.4 is 9.64 Å². The maximum atomic E-state index is 13.1. The van der Waals surface area contributed by atoms with Crippen LogP contribution in [0.5, 0.6) is 5.75 Å². The molecule has 1 saturated heterocycles. The van der Waals surface area contributed by atoms with Gasteiger partial charge in [-0.05, 0) is 61.0 Å². The molecule has 1 amide bonds. The number of anilines is 1. The quantitative estimate of drug-likeness (QED) is 0.345. The molecule has 31 heavy (non-hydrogen) atoms. The fourth-order valence-electron chi connectivity index (χ4n) is 3.69. The number of ether oxygens (including phenoxy) is 1.